The highest BCUT2D eigenvalue weighted by Crippen LogP contribution is 2.16. The second-order valence-electron chi connectivity index (χ2n) is 5.37. The molecule has 1 fully saturated rings. The predicted molar refractivity (Wildman–Crippen MR) is 90.9 cm³/mol. The van der Waals surface area contributed by atoms with Crippen LogP contribution >= 0.6 is 0 Å². The number of nitro benzene ring substituents is 1. The number of nitro groups is 1. The van der Waals surface area contributed by atoms with Gasteiger partial charge in [0.1, 0.15) is 0 Å². The molecule has 0 unspecified atom stereocenters. The molecule has 1 saturated heterocycles. The van der Waals surface area contributed by atoms with Gasteiger partial charge in [0, 0.05) is 30.9 Å². The molecule has 0 amide bonds. The van der Waals surface area contributed by atoms with Crippen molar-refractivity contribution in [1.82, 2.24) is 5.01 Å². The van der Waals surface area contributed by atoms with Crippen molar-refractivity contribution in [3.05, 3.63) is 70.3 Å². The van der Waals surface area contributed by atoms with E-state index in [-0.39, 0.29) is 5.69 Å². The normalized spacial score (nSPS) is 15.1. The maximum Gasteiger partial charge on any atom is 0.269 e. The largest absolute Gasteiger partial charge is 0.368 e. The number of hydrogen-bond acceptors (Lipinski definition) is 5. The fourth-order valence-corrected chi connectivity index (χ4v) is 2.54. The van der Waals surface area contributed by atoms with Gasteiger partial charge in [-0.2, -0.15) is 5.10 Å². The third-order valence-corrected chi connectivity index (χ3v) is 3.85. The standard InChI is InChI=1S/C17H18N4O2/c22-21(23)17-8-6-15(7-9-17)14-18-20-12-10-19(11-13-20)16-4-2-1-3-5-16/h1-9,14H,10-13H2. The van der Waals surface area contributed by atoms with Crippen molar-refractivity contribution < 1.29 is 4.92 Å². The molecule has 23 heavy (non-hydrogen) atoms. The number of rotatable bonds is 4. The van der Waals surface area contributed by atoms with Crippen LogP contribution in [0.25, 0.3) is 0 Å². The Morgan fingerprint density at radius 3 is 2.22 bits per heavy atom. The fourth-order valence-electron chi connectivity index (χ4n) is 2.54. The van der Waals surface area contributed by atoms with E-state index in [4.69, 9.17) is 0 Å². The Labute approximate surface area is 134 Å². The van der Waals surface area contributed by atoms with Crippen molar-refractivity contribution in [1.29, 1.82) is 0 Å². The maximum atomic E-state index is 10.6. The monoisotopic (exact) mass is 310 g/mol. The molecule has 3 rings (SSSR count). The van der Waals surface area contributed by atoms with Gasteiger partial charge in [0.15, 0.2) is 0 Å². The van der Waals surface area contributed by atoms with Gasteiger partial charge in [-0.1, -0.05) is 18.2 Å². The molecule has 0 bridgehead atoms. The average molecular weight is 310 g/mol. The first kappa shape index (κ1) is 15.0. The lowest BCUT2D eigenvalue weighted by Gasteiger charge is -2.34. The number of hydrazone groups is 1. The zero-order valence-electron chi connectivity index (χ0n) is 12.7. The van der Waals surface area contributed by atoms with Crippen LogP contribution in [-0.4, -0.2) is 42.3 Å². The van der Waals surface area contributed by atoms with E-state index in [1.54, 1.807) is 18.3 Å². The molecule has 0 spiro atoms. The first-order chi connectivity index (χ1) is 11.2. The lowest BCUT2D eigenvalue weighted by molar-refractivity contribution is -0.384. The third kappa shape index (κ3) is 3.85. The first-order valence-corrected chi connectivity index (χ1v) is 7.56. The minimum Gasteiger partial charge on any atom is -0.368 e. The van der Waals surface area contributed by atoms with Crippen molar-refractivity contribution in [3.8, 4) is 0 Å². The molecule has 1 aliphatic rings. The van der Waals surface area contributed by atoms with E-state index in [0.29, 0.717) is 0 Å². The molecule has 2 aromatic carbocycles. The van der Waals surface area contributed by atoms with Crippen LogP contribution in [0.3, 0.4) is 0 Å². The summed E-state index contributed by atoms with van der Waals surface area (Å²) >= 11 is 0. The summed E-state index contributed by atoms with van der Waals surface area (Å²) in [4.78, 5) is 12.6. The van der Waals surface area contributed by atoms with E-state index in [0.717, 1.165) is 31.7 Å². The summed E-state index contributed by atoms with van der Waals surface area (Å²) in [6, 6.07) is 16.8. The summed E-state index contributed by atoms with van der Waals surface area (Å²) in [5.74, 6) is 0. The molecule has 6 heteroatoms. The van der Waals surface area contributed by atoms with Crippen LogP contribution in [0.15, 0.2) is 59.7 Å². The molecular weight excluding hydrogens is 292 g/mol. The minimum atomic E-state index is -0.399. The van der Waals surface area contributed by atoms with E-state index < -0.39 is 4.92 Å². The third-order valence-electron chi connectivity index (χ3n) is 3.85. The summed E-state index contributed by atoms with van der Waals surface area (Å²) in [5, 5.41) is 17.1. The van der Waals surface area contributed by atoms with Crippen molar-refractivity contribution in [2.75, 3.05) is 31.1 Å². The van der Waals surface area contributed by atoms with E-state index in [2.05, 4.69) is 34.3 Å². The second-order valence-corrected chi connectivity index (χ2v) is 5.37. The topological polar surface area (TPSA) is 62.0 Å². The number of para-hydroxylation sites is 1. The quantitative estimate of drug-likeness (QED) is 0.495. The van der Waals surface area contributed by atoms with Gasteiger partial charge in [0.25, 0.3) is 5.69 Å². The summed E-state index contributed by atoms with van der Waals surface area (Å²) in [5.41, 5.74) is 2.20. The number of anilines is 1. The Morgan fingerprint density at radius 1 is 0.957 bits per heavy atom. The number of piperazine rings is 1. The highest BCUT2D eigenvalue weighted by atomic mass is 16.6. The van der Waals surface area contributed by atoms with Crippen LogP contribution in [0.5, 0.6) is 0 Å². The molecule has 1 aliphatic heterocycles. The second kappa shape index (κ2) is 6.91. The van der Waals surface area contributed by atoms with Gasteiger partial charge >= 0.3 is 0 Å². The predicted octanol–water partition coefficient (Wildman–Crippen LogP) is 2.75. The lowest BCUT2D eigenvalue weighted by Crippen LogP contribution is -2.44. The molecule has 0 N–H and O–H groups in total. The van der Waals surface area contributed by atoms with Gasteiger partial charge in [0.05, 0.1) is 24.2 Å². The van der Waals surface area contributed by atoms with Gasteiger partial charge in [0.2, 0.25) is 0 Å². The fraction of sp³-hybridized carbons (Fsp3) is 0.235. The number of benzene rings is 2. The van der Waals surface area contributed by atoms with Crippen LogP contribution in [0.4, 0.5) is 11.4 Å². The van der Waals surface area contributed by atoms with Crippen molar-refractivity contribution in [3.63, 3.8) is 0 Å². The SMILES string of the molecule is O=[N+]([O-])c1ccc(C=NN2CCN(c3ccccc3)CC2)cc1. The van der Waals surface area contributed by atoms with Crippen LogP contribution in [0.1, 0.15) is 5.56 Å². The summed E-state index contributed by atoms with van der Waals surface area (Å²) < 4.78 is 0. The summed E-state index contributed by atoms with van der Waals surface area (Å²) in [6.07, 6.45) is 1.75. The van der Waals surface area contributed by atoms with E-state index >= 15 is 0 Å². The van der Waals surface area contributed by atoms with E-state index in [1.165, 1.54) is 17.8 Å². The summed E-state index contributed by atoms with van der Waals surface area (Å²) in [6.45, 7) is 3.58. The van der Waals surface area contributed by atoms with Gasteiger partial charge in [-0.05, 0) is 29.8 Å². The molecule has 118 valence electrons. The molecule has 0 atom stereocenters. The molecule has 6 nitrogen and oxygen atoms in total. The Morgan fingerprint density at radius 2 is 1.61 bits per heavy atom. The van der Waals surface area contributed by atoms with Crippen LogP contribution in [0.2, 0.25) is 0 Å². The average Bonchev–Trinajstić information content (AvgIpc) is 2.61. The van der Waals surface area contributed by atoms with E-state index in [1.807, 2.05) is 11.1 Å². The molecule has 0 saturated carbocycles. The van der Waals surface area contributed by atoms with Gasteiger partial charge in [-0.3, -0.25) is 15.1 Å². The van der Waals surface area contributed by atoms with E-state index in [9.17, 15) is 10.1 Å². The van der Waals surface area contributed by atoms with Crippen molar-refractivity contribution in [2.45, 2.75) is 0 Å². The molecule has 2 aromatic rings. The van der Waals surface area contributed by atoms with Gasteiger partial charge < -0.3 is 4.90 Å². The van der Waals surface area contributed by atoms with Crippen LogP contribution < -0.4 is 4.90 Å². The Hall–Kier alpha value is -2.89. The number of non-ortho nitro benzene ring substituents is 1. The van der Waals surface area contributed by atoms with Gasteiger partial charge in [-0.25, -0.2) is 0 Å². The number of nitrogens with zero attached hydrogens (tertiary/aromatic N) is 4. The lowest BCUT2D eigenvalue weighted by atomic mass is 10.2. The zero-order chi connectivity index (χ0) is 16.1. The Bertz CT molecular complexity index is 677. The van der Waals surface area contributed by atoms with Crippen molar-refractivity contribution in [2.24, 2.45) is 5.10 Å². The molecule has 0 aromatic heterocycles. The van der Waals surface area contributed by atoms with Gasteiger partial charge in [-0.15, -0.1) is 0 Å². The van der Waals surface area contributed by atoms with Crippen LogP contribution in [-0.2, 0) is 0 Å². The van der Waals surface area contributed by atoms with Crippen molar-refractivity contribution >= 4 is 17.6 Å². The molecule has 0 radical (unpaired) electrons. The molecule has 1 heterocycles. The first-order valence-electron chi connectivity index (χ1n) is 7.56. The highest BCUT2D eigenvalue weighted by molar-refractivity contribution is 5.79. The Balaban J connectivity index is 1.55. The smallest absolute Gasteiger partial charge is 0.269 e. The molecule has 0 aliphatic carbocycles. The Kier molecular flexibility index (Phi) is 4.52. The summed E-state index contributed by atoms with van der Waals surface area (Å²) in [7, 11) is 0. The zero-order valence-corrected chi connectivity index (χ0v) is 12.7. The number of hydrogen-bond donors (Lipinski definition) is 0. The van der Waals surface area contributed by atoms with Crippen LogP contribution in [0, 0.1) is 10.1 Å². The highest BCUT2D eigenvalue weighted by Gasteiger charge is 2.15. The maximum absolute atomic E-state index is 10.6. The molecular formula is C17H18N4O2. The minimum absolute atomic E-state index is 0.0959.